The summed E-state index contributed by atoms with van der Waals surface area (Å²) in [7, 11) is 0. The molecule has 4 nitrogen and oxygen atoms in total. The molecule has 0 heterocycles. The van der Waals surface area contributed by atoms with Gasteiger partial charge in [0.05, 0.1) is 0 Å². The second-order valence-corrected chi connectivity index (χ2v) is 7.84. The second kappa shape index (κ2) is 6.59. The van der Waals surface area contributed by atoms with Crippen LogP contribution in [0.15, 0.2) is 0 Å². The van der Waals surface area contributed by atoms with E-state index in [1.54, 1.807) is 0 Å². The summed E-state index contributed by atoms with van der Waals surface area (Å²) < 4.78 is 0. The molecule has 0 radical (unpaired) electrons. The highest BCUT2D eigenvalue weighted by atomic mass is 16.2. The number of carbonyl (C=O) groups excluding carboxylic acids is 2. The molecule has 3 saturated carbocycles. The van der Waals surface area contributed by atoms with Gasteiger partial charge in [0.2, 0.25) is 11.8 Å². The molecule has 2 N–H and O–H groups in total. The van der Waals surface area contributed by atoms with Gasteiger partial charge in [-0.25, -0.2) is 0 Å². The van der Waals surface area contributed by atoms with Gasteiger partial charge in [-0.3, -0.25) is 9.59 Å². The number of nitrogens with two attached hydrogens (primary N) is 1. The highest BCUT2D eigenvalue weighted by molar-refractivity contribution is 5.81. The van der Waals surface area contributed by atoms with Crippen molar-refractivity contribution in [3.8, 4) is 0 Å². The number of carbonyl (C=O) groups is 2. The third-order valence-electron chi connectivity index (χ3n) is 6.05. The fourth-order valence-corrected chi connectivity index (χ4v) is 4.37. The van der Waals surface area contributed by atoms with Crippen LogP contribution in [0.3, 0.4) is 0 Å². The number of primary amides is 1. The van der Waals surface area contributed by atoms with Crippen LogP contribution >= 0.6 is 0 Å². The third-order valence-corrected chi connectivity index (χ3v) is 6.05. The number of hydrogen-bond donors (Lipinski definition) is 1. The molecule has 2 amide bonds. The average Bonchev–Trinajstić information content (AvgIpc) is 3.34. The Labute approximate surface area is 133 Å². The standard InChI is InChI=1S/C18H30N2O2/c1-12-2-8-15(9-3-12)20(16-10-11-16)18(22)14-6-4-13(5-7-14)17(19)21/h12-16H,2-11H2,1H3,(H2,19,21). The van der Waals surface area contributed by atoms with Crippen molar-refractivity contribution in [2.24, 2.45) is 23.5 Å². The first kappa shape index (κ1) is 15.8. The van der Waals surface area contributed by atoms with E-state index in [9.17, 15) is 9.59 Å². The van der Waals surface area contributed by atoms with Crippen LogP contribution in [-0.4, -0.2) is 28.8 Å². The average molecular weight is 306 g/mol. The summed E-state index contributed by atoms with van der Waals surface area (Å²) in [5, 5.41) is 0. The highest BCUT2D eigenvalue weighted by Gasteiger charge is 2.41. The molecule has 0 atom stereocenters. The van der Waals surface area contributed by atoms with Crippen molar-refractivity contribution in [1.29, 1.82) is 0 Å². The van der Waals surface area contributed by atoms with Crippen molar-refractivity contribution in [1.82, 2.24) is 4.90 Å². The molecule has 22 heavy (non-hydrogen) atoms. The Balaban J connectivity index is 1.60. The van der Waals surface area contributed by atoms with Crippen molar-refractivity contribution >= 4 is 11.8 Å². The molecule has 0 unspecified atom stereocenters. The maximum atomic E-state index is 13.0. The Hall–Kier alpha value is -1.06. The minimum atomic E-state index is -0.189. The fraction of sp³-hybridized carbons (Fsp3) is 0.889. The zero-order valence-electron chi connectivity index (χ0n) is 13.8. The van der Waals surface area contributed by atoms with E-state index in [2.05, 4.69) is 11.8 Å². The maximum Gasteiger partial charge on any atom is 0.226 e. The normalized spacial score (nSPS) is 35.9. The van der Waals surface area contributed by atoms with Gasteiger partial charge in [0.1, 0.15) is 0 Å². The summed E-state index contributed by atoms with van der Waals surface area (Å²) in [6.45, 7) is 2.32. The lowest BCUT2D eigenvalue weighted by Gasteiger charge is -2.39. The molecule has 3 fully saturated rings. The van der Waals surface area contributed by atoms with Crippen molar-refractivity contribution in [3.05, 3.63) is 0 Å². The smallest absolute Gasteiger partial charge is 0.226 e. The topological polar surface area (TPSA) is 63.4 Å². The Morgan fingerprint density at radius 1 is 0.773 bits per heavy atom. The molecule has 0 aliphatic heterocycles. The van der Waals surface area contributed by atoms with E-state index in [0.29, 0.717) is 18.0 Å². The number of rotatable bonds is 4. The third kappa shape index (κ3) is 3.47. The van der Waals surface area contributed by atoms with E-state index in [1.165, 1.54) is 38.5 Å². The van der Waals surface area contributed by atoms with Crippen molar-refractivity contribution in [2.45, 2.75) is 83.2 Å². The summed E-state index contributed by atoms with van der Waals surface area (Å²) in [4.78, 5) is 26.6. The molecule has 0 bridgehead atoms. The summed E-state index contributed by atoms with van der Waals surface area (Å²) in [6.07, 6.45) is 10.5. The van der Waals surface area contributed by atoms with Gasteiger partial charge in [-0.2, -0.15) is 0 Å². The molecule has 0 aromatic rings. The van der Waals surface area contributed by atoms with Crippen LogP contribution in [0.1, 0.15) is 71.1 Å². The van der Waals surface area contributed by atoms with Crippen molar-refractivity contribution in [3.63, 3.8) is 0 Å². The van der Waals surface area contributed by atoms with Crippen molar-refractivity contribution < 1.29 is 9.59 Å². The first-order valence-corrected chi connectivity index (χ1v) is 9.17. The van der Waals surface area contributed by atoms with Gasteiger partial charge in [-0.15, -0.1) is 0 Å². The number of hydrogen-bond acceptors (Lipinski definition) is 2. The van der Waals surface area contributed by atoms with Gasteiger partial charge in [0.25, 0.3) is 0 Å². The SMILES string of the molecule is CC1CCC(N(C(=O)C2CCC(C(N)=O)CC2)C2CC2)CC1. The lowest BCUT2D eigenvalue weighted by atomic mass is 9.80. The van der Waals surface area contributed by atoms with Crippen LogP contribution in [0.4, 0.5) is 0 Å². The van der Waals surface area contributed by atoms with Gasteiger partial charge < -0.3 is 10.6 Å². The minimum Gasteiger partial charge on any atom is -0.369 e. The van der Waals surface area contributed by atoms with Crippen LogP contribution in [0, 0.1) is 17.8 Å². The van der Waals surface area contributed by atoms with Crippen LogP contribution < -0.4 is 5.73 Å². The predicted octanol–water partition coefficient (Wildman–Crippen LogP) is 2.85. The van der Waals surface area contributed by atoms with Crippen LogP contribution in [0.5, 0.6) is 0 Å². The molecule has 3 rings (SSSR count). The molecular formula is C18H30N2O2. The maximum absolute atomic E-state index is 13.0. The minimum absolute atomic E-state index is 0.00560. The molecule has 0 aromatic carbocycles. The van der Waals surface area contributed by atoms with E-state index in [-0.39, 0.29) is 17.7 Å². The Bertz CT molecular complexity index is 417. The van der Waals surface area contributed by atoms with E-state index in [4.69, 9.17) is 5.73 Å². The molecule has 3 aliphatic carbocycles. The van der Waals surface area contributed by atoms with Gasteiger partial charge >= 0.3 is 0 Å². The van der Waals surface area contributed by atoms with E-state index >= 15 is 0 Å². The largest absolute Gasteiger partial charge is 0.369 e. The molecule has 3 aliphatic rings. The van der Waals surface area contributed by atoms with Crippen LogP contribution in [-0.2, 0) is 9.59 Å². The zero-order chi connectivity index (χ0) is 15.7. The molecule has 124 valence electrons. The van der Waals surface area contributed by atoms with Gasteiger partial charge in [-0.1, -0.05) is 6.92 Å². The highest BCUT2D eigenvalue weighted by Crippen LogP contribution is 2.38. The van der Waals surface area contributed by atoms with E-state index < -0.39 is 0 Å². The molecule has 4 heteroatoms. The summed E-state index contributed by atoms with van der Waals surface area (Å²) in [5.41, 5.74) is 5.40. The molecular weight excluding hydrogens is 276 g/mol. The number of amides is 2. The van der Waals surface area contributed by atoms with Crippen LogP contribution in [0.25, 0.3) is 0 Å². The van der Waals surface area contributed by atoms with Crippen molar-refractivity contribution in [2.75, 3.05) is 0 Å². The Morgan fingerprint density at radius 3 is 1.68 bits per heavy atom. The Morgan fingerprint density at radius 2 is 1.23 bits per heavy atom. The molecule has 0 spiro atoms. The van der Waals surface area contributed by atoms with Gasteiger partial charge in [0.15, 0.2) is 0 Å². The summed E-state index contributed by atoms with van der Waals surface area (Å²) in [5.74, 6) is 1.14. The first-order valence-electron chi connectivity index (χ1n) is 9.17. The molecule has 0 saturated heterocycles. The van der Waals surface area contributed by atoms with Gasteiger partial charge in [-0.05, 0) is 70.1 Å². The number of nitrogens with zero attached hydrogens (tertiary/aromatic N) is 1. The van der Waals surface area contributed by atoms with Crippen LogP contribution in [0.2, 0.25) is 0 Å². The monoisotopic (exact) mass is 306 g/mol. The lowest BCUT2D eigenvalue weighted by Crippen LogP contribution is -2.47. The van der Waals surface area contributed by atoms with E-state index in [0.717, 1.165) is 31.6 Å². The summed E-state index contributed by atoms with van der Waals surface area (Å²) in [6, 6.07) is 0.991. The zero-order valence-corrected chi connectivity index (χ0v) is 13.8. The summed E-state index contributed by atoms with van der Waals surface area (Å²) >= 11 is 0. The Kier molecular flexibility index (Phi) is 4.74. The first-order chi connectivity index (χ1) is 10.6. The predicted molar refractivity (Wildman–Crippen MR) is 85.9 cm³/mol. The molecule has 0 aromatic heterocycles. The quantitative estimate of drug-likeness (QED) is 0.868. The fourth-order valence-electron chi connectivity index (χ4n) is 4.37. The van der Waals surface area contributed by atoms with E-state index in [1.807, 2.05) is 0 Å². The van der Waals surface area contributed by atoms with Gasteiger partial charge in [0, 0.05) is 23.9 Å². The second-order valence-electron chi connectivity index (χ2n) is 7.84. The lowest BCUT2D eigenvalue weighted by molar-refractivity contribution is -0.141.